The average molecular weight is 580 g/mol. The van der Waals surface area contributed by atoms with E-state index in [2.05, 4.69) is 11.1 Å². The van der Waals surface area contributed by atoms with Crippen molar-refractivity contribution in [3.05, 3.63) is 60.1 Å². The molecule has 8 nitrogen and oxygen atoms in total. The Balaban J connectivity index is 1.37. The van der Waals surface area contributed by atoms with Gasteiger partial charge in [0, 0.05) is 54.9 Å². The van der Waals surface area contributed by atoms with E-state index in [0.29, 0.717) is 25.2 Å². The molecule has 3 fully saturated rings. The second-order valence-electron chi connectivity index (χ2n) is 11.5. The van der Waals surface area contributed by atoms with Crippen molar-refractivity contribution in [2.24, 2.45) is 11.3 Å². The van der Waals surface area contributed by atoms with Gasteiger partial charge < -0.3 is 4.90 Å². The Kier molecular flexibility index (Phi) is 7.14. The lowest BCUT2D eigenvalue weighted by molar-refractivity contribution is -0.125. The number of aromatic nitrogens is 3. The predicted octanol–water partition coefficient (Wildman–Crippen LogP) is 4.98. The van der Waals surface area contributed by atoms with Crippen molar-refractivity contribution >= 4 is 21.3 Å². The van der Waals surface area contributed by atoms with Crippen LogP contribution >= 0.6 is 0 Å². The number of nitriles is 1. The lowest BCUT2D eigenvalue weighted by Crippen LogP contribution is -2.40. The SMILES string of the molecule is N#CC1(CC(=O)[C@@H]2CCCC[C@H]2c2nn(-c3ncc(F)cc3F)cc2-c2ccc(N3CCS(=O)(=O)CC3)cc2)CC1. The second-order valence-corrected chi connectivity index (χ2v) is 13.9. The van der Waals surface area contributed by atoms with E-state index in [-0.39, 0.29) is 41.4 Å². The smallest absolute Gasteiger partial charge is 0.189 e. The largest absolute Gasteiger partial charge is 0.369 e. The van der Waals surface area contributed by atoms with Crippen LogP contribution in [0.15, 0.2) is 42.7 Å². The van der Waals surface area contributed by atoms with Crippen LogP contribution in [0.5, 0.6) is 0 Å². The normalized spacial score (nSPS) is 23.1. The van der Waals surface area contributed by atoms with E-state index >= 15 is 0 Å². The molecule has 3 heterocycles. The maximum atomic E-state index is 14.8. The molecule has 1 aromatic carbocycles. The first-order chi connectivity index (χ1) is 19.7. The molecule has 41 heavy (non-hydrogen) atoms. The molecule has 3 aliphatic rings. The Bertz CT molecular complexity index is 1610. The van der Waals surface area contributed by atoms with Gasteiger partial charge in [-0.2, -0.15) is 10.4 Å². The fourth-order valence-electron chi connectivity index (χ4n) is 6.18. The minimum atomic E-state index is -3.00. The zero-order valence-corrected chi connectivity index (χ0v) is 23.4. The summed E-state index contributed by atoms with van der Waals surface area (Å²) in [5.74, 6) is -1.96. The molecule has 3 aromatic rings. The number of halogens is 2. The first kappa shape index (κ1) is 27.5. The number of anilines is 1. The number of carbonyl (C=O) groups is 1. The highest BCUT2D eigenvalue weighted by Crippen LogP contribution is 2.51. The van der Waals surface area contributed by atoms with Crippen molar-refractivity contribution in [3.63, 3.8) is 0 Å². The van der Waals surface area contributed by atoms with Crippen LogP contribution in [0.4, 0.5) is 14.5 Å². The molecule has 0 bridgehead atoms. The van der Waals surface area contributed by atoms with E-state index in [4.69, 9.17) is 5.10 Å². The van der Waals surface area contributed by atoms with Gasteiger partial charge in [0.25, 0.3) is 0 Å². The summed E-state index contributed by atoms with van der Waals surface area (Å²) < 4.78 is 53.4. The van der Waals surface area contributed by atoms with Crippen molar-refractivity contribution < 1.29 is 22.0 Å². The molecular weight excluding hydrogens is 548 g/mol. The second kappa shape index (κ2) is 10.6. The number of benzene rings is 1. The third-order valence-corrected chi connectivity index (χ3v) is 10.4. The van der Waals surface area contributed by atoms with Gasteiger partial charge in [0.1, 0.15) is 11.6 Å². The van der Waals surface area contributed by atoms with Crippen molar-refractivity contribution in [3.8, 4) is 23.0 Å². The topological polar surface area (TPSA) is 109 Å². The Morgan fingerprint density at radius 1 is 1.10 bits per heavy atom. The summed E-state index contributed by atoms with van der Waals surface area (Å²) >= 11 is 0. The fourth-order valence-corrected chi connectivity index (χ4v) is 7.38. The fraction of sp³-hybridized carbons (Fsp3) is 0.467. The van der Waals surface area contributed by atoms with Crippen LogP contribution in [-0.4, -0.2) is 53.6 Å². The quantitative estimate of drug-likeness (QED) is 0.388. The molecule has 0 amide bonds. The summed E-state index contributed by atoms with van der Waals surface area (Å²) in [4.78, 5) is 19.5. The van der Waals surface area contributed by atoms with Gasteiger partial charge in [0.05, 0.1) is 34.9 Å². The van der Waals surface area contributed by atoms with E-state index in [9.17, 15) is 27.3 Å². The molecule has 2 atom stereocenters. The number of pyridine rings is 1. The van der Waals surface area contributed by atoms with Crippen LogP contribution in [0.2, 0.25) is 0 Å². The molecule has 6 rings (SSSR count). The summed E-state index contributed by atoms with van der Waals surface area (Å²) in [7, 11) is -3.00. The van der Waals surface area contributed by atoms with Crippen molar-refractivity contribution in [2.45, 2.75) is 50.9 Å². The highest BCUT2D eigenvalue weighted by Gasteiger charge is 2.47. The highest BCUT2D eigenvalue weighted by atomic mass is 32.2. The molecule has 1 saturated heterocycles. The zero-order valence-electron chi connectivity index (χ0n) is 22.6. The van der Waals surface area contributed by atoms with E-state index in [1.165, 1.54) is 4.68 Å². The monoisotopic (exact) mass is 579 g/mol. The molecule has 0 spiro atoms. The standard InChI is InChI=1S/C30H31F2N5O3S/c31-21-15-26(32)29(34-17-21)37-18-25(20-5-7-22(8-6-20)36-11-13-41(39,40)14-12-36)28(35-37)24-4-2-1-3-23(24)27(38)16-30(19-33)9-10-30/h5-8,15,17-18,23-24H,1-4,9-14,16H2/t23-,24-/m1/s1. The maximum Gasteiger partial charge on any atom is 0.189 e. The van der Waals surface area contributed by atoms with Crippen LogP contribution in [0.3, 0.4) is 0 Å². The molecule has 2 aromatic heterocycles. The maximum absolute atomic E-state index is 14.8. The zero-order chi connectivity index (χ0) is 28.8. The van der Waals surface area contributed by atoms with Crippen LogP contribution in [-0.2, 0) is 14.6 Å². The molecule has 214 valence electrons. The predicted molar refractivity (Wildman–Crippen MR) is 149 cm³/mol. The van der Waals surface area contributed by atoms with Crippen LogP contribution < -0.4 is 4.90 Å². The van der Waals surface area contributed by atoms with E-state index < -0.39 is 26.9 Å². The van der Waals surface area contributed by atoms with Gasteiger partial charge in [-0.05, 0) is 43.4 Å². The lowest BCUT2D eigenvalue weighted by Gasteiger charge is -2.31. The number of Topliss-reactive ketones (excluding diaryl/α,β-unsaturated/α-hetero) is 1. The van der Waals surface area contributed by atoms with E-state index in [1.54, 1.807) is 6.20 Å². The van der Waals surface area contributed by atoms with Crippen molar-refractivity contribution in [1.29, 1.82) is 5.26 Å². The number of rotatable bonds is 7. The Morgan fingerprint density at radius 3 is 2.46 bits per heavy atom. The third kappa shape index (κ3) is 5.62. The number of sulfone groups is 1. The molecule has 11 heteroatoms. The summed E-state index contributed by atoms with van der Waals surface area (Å²) in [6, 6.07) is 10.8. The van der Waals surface area contributed by atoms with E-state index in [0.717, 1.165) is 61.2 Å². The van der Waals surface area contributed by atoms with Crippen LogP contribution in [0, 0.1) is 34.3 Å². The summed E-state index contributed by atoms with van der Waals surface area (Å²) in [5, 5.41) is 14.3. The highest BCUT2D eigenvalue weighted by molar-refractivity contribution is 7.91. The Morgan fingerprint density at radius 2 is 1.80 bits per heavy atom. The summed E-state index contributed by atoms with van der Waals surface area (Å²) in [6.07, 6.45) is 7.63. The number of carbonyl (C=O) groups excluding carboxylic acids is 1. The molecule has 1 aliphatic heterocycles. The summed E-state index contributed by atoms with van der Waals surface area (Å²) in [6.45, 7) is 0.854. The van der Waals surface area contributed by atoms with Crippen molar-refractivity contribution in [1.82, 2.24) is 14.8 Å². The number of hydrogen-bond acceptors (Lipinski definition) is 7. The molecule has 0 radical (unpaired) electrons. The minimum Gasteiger partial charge on any atom is -0.369 e. The van der Waals surface area contributed by atoms with Gasteiger partial charge in [0.15, 0.2) is 21.5 Å². The minimum absolute atomic E-state index is 0.0794. The number of nitrogens with zero attached hydrogens (tertiary/aromatic N) is 5. The molecule has 2 saturated carbocycles. The van der Waals surface area contributed by atoms with Gasteiger partial charge in [-0.1, -0.05) is 25.0 Å². The molecule has 0 N–H and O–H groups in total. The Hall–Kier alpha value is -3.65. The average Bonchev–Trinajstić information content (AvgIpc) is 3.60. The number of hydrogen-bond donors (Lipinski definition) is 0. The van der Waals surface area contributed by atoms with Crippen LogP contribution in [0.25, 0.3) is 16.9 Å². The van der Waals surface area contributed by atoms with Gasteiger partial charge in [-0.25, -0.2) is 26.9 Å². The first-order valence-electron chi connectivity index (χ1n) is 14.1. The third-order valence-electron chi connectivity index (χ3n) is 8.77. The Labute approximate surface area is 237 Å². The van der Waals surface area contributed by atoms with Gasteiger partial charge in [-0.3, -0.25) is 4.79 Å². The summed E-state index contributed by atoms with van der Waals surface area (Å²) in [5.41, 5.74) is 2.57. The van der Waals surface area contributed by atoms with Gasteiger partial charge in [-0.15, -0.1) is 0 Å². The molecule has 2 aliphatic carbocycles. The molecule has 0 unspecified atom stereocenters. The molecular formula is C30H31F2N5O3S. The van der Waals surface area contributed by atoms with Gasteiger partial charge >= 0.3 is 0 Å². The van der Waals surface area contributed by atoms with Gasteiger partial charge in [0.2, 0.25) is 0 Å². The lowest BCUT2D eigenvalue weighted by atomic mass is 9.72. The van der Waals surface area contributed by atoms with E-state index in [1.807, 2.05) is 29.2 Å². The first-order valence-corrected chi connectivity index (χ1v) is 15.9. The van der Waals surface area contributed by atoms with Crippen molar-refractivity contribution in [2.75, 3.05) is 29.5 Å². The van der Waals surface area contributed by atoms with Crippen LogP contribution in [0.1, 0.15) is 56.6 Å². The number of ketones is 1.